The van der Waals surface area contributed by atoms with Crippen LogP contribution in [0.4, 0.5) is 0 Å². The van der Waals surface area contributed by atoms with Gasteiger partial charge in [0.1, 0.15) is 6.61 Å². The molecule has 0 bridgehead atoms. The Labute approximate surface area is 141 Å². The first-order chi connectivity index (χ1) is 11.5. The van der Waals surface area contributed by atoms with Gasteiger partial charge in [0, 0.05) is 24.7 Å². The number of aromatic nitrogens is 1. The van der Waals surface area contributed by atoms with Gasteiger partial charge in [-0.25, -0.2) is 13.1 Å². The zero-order chi connectivity index (χ0) is 17.4. The Kier molecular flexibility index (Phi) is 6.34. The number of pyridine rings is 1. The topological polar surface area (TPSA) is 77.4 Å². The minimum atomic E-state index is -3.43. The van der Waals surface area contributed by atoms with E-state index in [0.717, 1.165) is 11.0 Å². The number of aryl methyl sites for hydroxylation is 1. The molecule has 2 rings (SSSR count). The SMILES string of the molecule is C=CS(=O)(=O)NCCCn1cccc(OCc2ccccc2)c1=O. The molecule has 0 aliphatic rings. The third-order valence-corrected chi connectivity index (χ3v) is 4.37. The van der Waals surface area contributed by atoms with Crippen LogP contribution in [0.1, 0.15) is 12.0 Å². The smallest absolute Gasteiger partial charge is 0.292 e. The van der Waals surface area contributed by atoms with Crippen molar-refractivity contribution < 1.29 is 13.2 Å². The van der Waals surface area contributed by atoms with Crippen LogP contribution in [-0.4, -0.2) is 19.5 Å². The summed E-state index contributed by atoms with van der Waals surface area (Å²) in [7, 11) is -3.43. The van der Waals surface area contributed by atoms with Gasteiger partial charge in [0.25, 0.3) is 5.56 Å². The molecule has 0 amide bonds. The molecule has 1 aromatic heterocycles. The lowest BCUT2D eigenvalue weighted by Gasteiger charge is -2.10. The van der Waals surface area contributed by atoms with E-state index in [9.17, 15) is 13.2 Å². The van der Waals surface area contributed by atoms with Crippen molar-refractivity contribution in [2.75, 3.05) is 6.54 Å². The van der Waals surface area contributed by atoms with Gasteiger partial charge in [-0.05, 0) is 24.1 Å². The molecule has 0 radical (unpaired) electrons. The molecule has 0 aliphatic carbocycles. The fourth-order valence-electron chi connectivity index (χ4n) is 2.06. The lowest BCUT2D eigenvalue weighted by Crippen LogP contribution is -2.26. The summed E-state index contributed by atoms with van der Waals surface area (Å²) in [6, 6.07) is 12.9. The number of rotatable bonds is 9. The van der Waals surface area contributed by atoms with E-state index < -0.39 is 10.0 Å². The van der Waals surface area contributed by atoms with Crippen LogP contribution < -0.4 is 15.0 Å². The molecule has 0 unspecified atom stereocenters. The number of ether oxygens (including phenoxy) is 1. The van der Waals surface area contributed by atoms with Crippen LogP contribution in [-0.2, 0) is 23.2 Å². The first-order valence-corrected chi connectivity index (χ1v) is 9.05. The largest absolute Gasteiger partial charge is 0.483 e. The molecular formula is C17H20N2O4S. The van der Waals surface area contributed by atoms with E-state index in [2.05, 4.69) is 11.3 Å². The van der Waals surface area contributed by atoms with E-state index in [1.165, 1.54) is 4.57 Å². The molecule has 1 heterocycles. The molecule has 0 aliphatic heterocycles. The van der Waals surface area contributed by atoms with Crippen molar-refractivity contribution in [3.05, 3.63) is 76.6 Å². The molecule has 0 spiro atoms. The molecule has 0 fully saturated rings. The zero-order valence-corrected chi connectivity index (χ0v) is 14.0. The number of nitrogens with zero attached hydrogens (tertiary/aromatic N) is 1. The Balaban J connectivity index is 1.93. The van der Waals surface area contributed by atoms with Crippen molar-refractivity contribution in [2.24, 2.45) is 0 Å². The maximum Gasteiger partial charge on any atom is 0.292 e. The first kappa shape index (κ1) is 18.0. The fraction of sp³-hybridized carbons (Fsp3) is 0.235. The normalized spacial score (nSPS) is 11.2. The Hall–Kier alpha value is -2.38. The molecule has 2 aromatic rings. The van der Waals surface area contributed by atoms with Gasteiger partial charge < -0.3 is 9.30 Å². The van der Waals surface area contributed by atoms with Crippen molar-refractivity contribution in [1.29, 1.82) is 0 Å². The number of benzene rings is 1. The highest BCUT2D eigenvalue weighted by molar-refractivity contribution is 7.92. The molecule has 0 atom stereocenters. The number of hydrogen-bond acceptors (Lipinski definition) is 4. The summed E-state index contributed by atoms with van der Waals surface area (Å²) in [5.41, 5.74) is 0.742. The average Bonchev–Trinajstić information content (AvgIpc) is 2.60. The summed E-state index contributed by atoms with van der Waals surface area (Å²) in [5, 5.41) is 0.858. The van der Waals surface area contributed by atoms with Crippen LogP contribution in [0.3, 0.4) is 0 Å². The highest BCUT2D eigenvalue weighted by Crippen LogP contribution is 2.07. The summed E-state index contributed by atoms with van der Waals surface area (Å²) in [6.45, 7) is 4.16. The average molecular weight is 348 g/mol. The summed E-state index contributed by atoms with van der Waals surface area (Å²) in [5.74, 6) is 0.271. The lowest BCUT2D eigenvalue weighted by molar-refractivity contribution is 0.298. The molecule has 0 saturated heterocycles. The van der Waals surface area contributed by atoms with Crippen molar-refractivity contribution >= 4 is 10.0 Å². The van der Waals surface area contributed by atoms with E-state index in [1.807, 2.05) is 30.3 Å². The maximum absolute atomic E-state index is 12.3. The molecular weight excluding hydrogens is 328 g/mol. The first-order valence-electron chi connectivity index (χ1n) is 7.50. The van der Waals surface area contributed by atoms with Gasteiger partial charge in [-0.3, -0.25) is 4.79 Å². The molecule has 6 nitrogen and oxygen atoms in total. The Morgan fingerprint density at radius 2 is 1.92 bits per heavy atom. The van der Waals surface area contributed by atoms with Crippen LogP contribution in [0.5, 0.6) is 5.75 Å². The van der Waals surface area contributed by atoms with E-state index in [1.54, 1.807) is 18.3 Å². The van der Waals surface area contributed by atoms with E-state index in [0.29, 0.717) is 19.6 Å². The molecule has 128 valence electrons. The predicted octanol–water partition coefficient (Wildman–Crippen LogP) is 1.88. The van der Waals surface area contributed by atoms with Gasteiger partial charge >= 0.3 is 0 Å². The summed E-state index contributed by atoms with van der Waals surface area (Å²) < 4.78 is 31.9. The van der Waals surface area contributed by atoms with Crippen molar-refractivity contribution in [3.8, 4) is 5.75 Å². The van der Waals surface area contributed by atoms with Crippen molar-refractivity contribution in [2.45, 2.75) is 19.6 Å². The number of sulfonamides is 1. The quantitative estimate of drug-likeness (QED) is 0.702. The third kappa shape index (κ3) is 5.36. The van der Waals surface area contributed by atoms with Gasteiger partial charge in [-0.1, -0.05) is 36.9 Å². The zero-order valence-electron chi connectivity index (χ0n) is 13.2. The Bertz CT molecular complexity index is 829. The van der Waals surface area contributed by atoms with Crippen LogP contribution in [0.15, 0.2) is 65.4 Å². The van der Waals surface area contributed by atoms with E-state index in [-0.39, 0.29) is 17.9 Å². The maximum atomic E-state index is 12.3. The van der Waals surface area contributed by atoms with Crippen LogP contribution >= 0.6 is 0 Å². The van der Waals surface area contributed by atoms with E-state index in [4.69, 9.17) is 4.74 Å². The molecule has 1 aromatic carbocycles. The summed E-state index contributed by atoms with van der Waals surface area (Å²) in [4.78, 5) is 12.3. The molecule has 7 heteroatoms. The predicted molar refractivity (Wildman–Crippen MR) is 93.2 cm³/mol. The number of hydrogen-bond donors (Lipinski definition) is 1. The Morgan fingerprint density at radius 1 is 1.17 bits per heavy atom. The van der Waals surface area contributed by atoms with Crippen molar-refractivity contribution in [3.63, 3.8) is 0 Å². The minimum absolute atomic E-state index is 0.232. The van der Waals surface area contributed by atoms with Gasteiger partial charge in [0.2, 0.25) is 10.0 Å². The fourth-order valence-corrected chi connectivity index (χ4v) is 2.61. The van der Waals surface area contributed by atoms with Crippen molar-refractivity contribution in [1.82, 2.24) is 9.29 Å². The lowest BCUT2D eigenvalue weighted by atomic mass is 10.2. The van der Waals surface area contributed by atoms with Gasteiger partial charge in [0.05, 0.1) is 0 Å². The van der Waals surface area contributed by atoms with Gasteiger partial charge in [-0.15, -0.1) is 0 Å². The van der Waals surface area contributed by atoms with Crippen LogP contribution in [0.2, 0.25) is 0 Å². The second kappa shape index (κ2) is 8.47. The molecule has 1 N–H and O–H groups in total. The summed E-state index contributed by atoms with van der Waals surface area (Å²) >= 11 is 0. The molecule has 0 saturated carbocycles. The summed E-state index contributed by atoms with van der Waals surface area (Å²) in [6.07, 6.45) is 2.13. The van der Waals surface area contributed by atoms with E-state index >= 15 is 0 Å². The van der Waals surface area contributed by atoms with Gasteiger partial charge in [0.15, 0.2) is 5.75 Å². The minimum Gasteiger partial charge on any atom is -0.483 e. The highest BCUT2D eigenvalue weighted by atomic mass is 32.2. The van der Waals surface area contributed by atoms with Gasteiger partial charge in [-0.2, -0.15) is 0 Å². The standard InChI is InChI=1S/C17H20N2O4S/c1-2-24(21,22)18-11-7-13-19-12-6-10-16(17(19)20)23-14-15-8-4-3-5-9-15/h2-6,8-10,12,18H,1,7,11,13-14H2. The Morgan fingerprint density at radius 3 is 2.62 bits per heavy atom. The highest BCUT2D eigenvalue weighted by Gasteiger charge is 2.06. The van der Waals surface area contributed by atoms with Crippen LogP contribution in [0, 0.1) is 0 Å². The second-order valence-corrected chi connectivity index (χ2v) is 6.82. The molecule has 24 heavy (non-hydrogen) atoms. The van der Waals surface area contributed by atoms with Crippen LogP contribution in [0.25, 0.3) is 0 Å². The number of nitrogens with one attached hydrogen (secondary N) is 1. The second-order valence-electron chi connectivity index (χ2n) is 5.10. The third-order valence-electron chi connectivity index (χ3n) is 3.32. The monoisotopic (exact) mass is 348 g/mol.